The van der Waals surface area contributed by atoms with E-state index in [1.807, 2.05) is 0 Å². The van der Waals surface area contributed by atoms with Gasteiger partial charge in [0.25, 0.3) is 0 Å². The Morgan fingerprint density at radius 2 is 1.00 bits per heavy atom. The van der Waals surface area contributed by atoms with E-state index in [4.69, 9.17) is 0 Å². The number of benzene rings is 9. The molecule has 0 unspecified atom stereocenters. The van der Waals surface area contributed by atoms with E-state index < -0.39 is 0 Å². The van der Waals surface area contributed by atoms with Crippen LogP contribution >= 0.6 is 0 Å². The minimum Gasteiger partial charge on any atom is -0.310 e. The first kappa shape index (κ1) is 28.8. The highest BCUT2D eigenvalue weighted by Crippen LogP contribution is 2.54. The SMILES string of the molecule is CC1(C)c2ccccc2-c2c(N(c3cccc(-c4ccc5ccccc5c4)c3)c3ccc4c(ccc5c6ccccc6ccc45)c3)cccc21. The summed E-state index contributed by atoms with van der Waals surface area (Å²) < 4.78 is 0. The summed E-state index contributed by atoms with van der Waals surface area (Å²) in [6, 6.07) is 65.1. The Morgan fingerprint density at radius 3 is 1.88 bits per heavy atom. The highest BCUT2D eigenvalue weighted by Gasteiger charge is 2.37. The van der Waals surface area contributed by atoms with Gasteiger partial charge in [-0.15, -0.1) is 0 Å². The van der Waals surface area contributed by atoms with Crippen molar-refractivity contribution >= 4 is 60.2 Å². The quantitative estimate of drug-likeness (QED) is 0.174. The average Bonchev–Trinajstić information content (AvgIpc) is 3.41. The third-order valence-corrected chi connectivity index (χ3v) is 11.0. The molecule has 1 aliphatic carbocycles. The van der Waals surface area contributed by atoms with Crippen LogP contribution in [0.15, 0.2) is 176 Å². The molecule has 0 fully saturated rings. The molecule has 0 amide bonds. The van der Waals surface area contributed by atoms with E-state index in [-0.39, 0.29) is 5.41 Å². The van der Waals surface area contributed by atoms with Crippen molar-refractivity contribution in [1.82, 2.24) is 0 Å². The molecular weight excluding hydrogens is 603 g/mol. The fourth-order valence-electron chi connectivity index (χ4n) is 8.50. The van der Waals surface area contributed by atoms with Crippen molar-refractivity contribution in [3.05, 3.63) is 187 Å². The molecule has 1 nitrogen and oxygen atoms in total. The number of hydrogen-bond donors (Lipinski definition) is 0. The van der Waals surface area contributed by atoms with Gasteiger partial charge in [0, 0.05) is 22.4 Å². The third-order valence-electron chi connectivity index (χ3n) is 11.0. The van der Waals surface area contributed by atoms with Crippen LogP contribution in [0, 0.1) is 0 Å². The van der Waals surface area contributed by atoms with Crippen LogP contribution in [0.4, 0.5) is 17.1 Å². The first-order valence-corrected chi connectivity index (χ1v) is 17.5. The largest absolute Gasteiger partial charge is 0.310 e. The van der Waals surface area contributed by atoms with Crippen LogP contribution in [0.2, 0.25) is 0 Å². The maximum atomic E-state index is 2.48. The molecule has 0 aromatic heterocycles. The topological polar surface area (TPSA) is 3.24 Å². The van der Waals surface area contributed by atoms with E-state index in [0.717, 1.165) is 11.4 Å². The van der Waals surface area contributed by atoms with Gasteiger partial charge in [-0.05, 0) is 107 Å². The number of rotatable bonds is 4. The van der Waals surface area contributed by atoms with Gasteiger partial charge in [0.1, 0.15) is 0 Å². The molecule has 1 aliphatic rings. The van der Waals surface area contributed by atoms with E-state index in [1.54, 1.807) is 0 Å². The minimum atomic E-state index is -0.0916. The van der Waals surface area contributed by atoms with Crippen molar-refractivity contribution in [2.45, 2.75) is 19.3 Å². The summed E-state index contributed by atoms with van der Waals surface area (Å²) in [6.07, 6.45) is 0. The Kier molecular flexibility index (Phi) is 6.29. The van der Waals surface area contributed by atoms with Crippen LogP contribution in [0.25, 0.3) is 65.3 Å². The van der Waals surface area contributed by atoms with E-state index in [2.05, 4.69) is 195 Å². The van der Waals surface area contributed by atoms with E-state index in [0.29, 0.717) is 0 Å². The Morgan fingerprint density at radius 1 is 0.380 bits per heavy atom. The van der Waals surface area contributed by atoms with Crippen molar-refractivity contribution in [2.24, 2.45) is 0 Å². The van der Waals surface area contributed by atoms with Gasteiger partial charge in [0.05, 0.1) is 5.69 Å². The summed E-state index contributed by atoms with van der Waals surface area (Å²) in [7, 11) is 0. The molecule has 0 atom stereocenters. The molecule has 0 heterocycles. The van der Waals surface area contributed by atoms with Gasteiger partial charge in [0.2, 0.25) is 0 Å². The van der Waals surface area contributed by atoms with Crippen LogP contribution < -0.4 is 4.90 Å². The lowest BCUT2D eigenvalue weighted by Gasteiger charge is -2.29. The summed E-state index contributed by atoms with van der Waals surface area (Å²) in [5.41, 5.74) is 11.2. The van der Waals surface area contributed by atoms with Crippen LogP contribution in [-0.4, -0.2) is 0 Å². The Balaban J connectivity index is 1.20. The van der Waals surface area contributed by atoms with Crippen molar-refractivity contribution in [2.75, 3.05) is 4.90 Å². The normalized spacial score (nSPS) is 13.2. The second-order valence-corrected chi connectivity index (χ2v) is 14.2. The predicted octanol–water partition coefficient (Wildman–Crippen LogP) is 13.7. The molecular formula is C49H35N. The summed E-state index contributed by atoms with van der Waals surface area (Å²) in [6.45, 7) is 4.72. The molecule has 1 heteroatoms. The molecule has 10 rings (SSSR count). The van der Waals surface area contributed by atoms with Gasteiger partial charge in [0.15, 0.2) is 0 Å². The molecule has 0 saturated heterocycles. The summed E-state index contributed by atoms with van der Waals surface area (Å²) >= 11 is 0. The van der Waals surface area contributed by atoms with Gasteiger partial charge < -0.3 is 4.90 Å². The van der Waals surface area contributed by atoms with Crippen molar-refractivity contribution in [3.8, 4) is 22.3 Å². The molecule has 50 heavy (non-hydrogen) atoms. The number of anilines is 3. The maximum absolute atomic E-state index is 2.48. The standard InChI is InChI=1S/C49H35N/c1-49(2)45-18-8-7-17-44(45)48-46(49)19-10-20-47(48)50(38-15-9-14-35(30-38)36-22-21-32-11-3-4-13-34(32)29-36)39-25-28-41-37(31-39)24-27-42-40-16-6-5-12-33(40)23-26-43(41)42/h3-31H,1-2H3. The fraction of sp³-hybridized carbons (Fsp3) is 0.0612. The van der Waals surface area contributed by atoms with Crippen LogP contribution in [0.3, 0.4) is 0 Å². The monoisotopic (exact) mass is 637 g/mol. The Hall–Kier alpha value is -6.18. The molecule has 0 saturated carbocycles. The summed E-state index contributed by atoms with van der Waals surface area (Å²) in [5, 5.41) is 10.2. The van der Waals surface area contributed by atoms with E-state index >= 15 is 0 Å². The van der Waals surface area contributed by atoms with Crippen LogP contribution in [0.1, 0.15) is 25.0 Å². The van der Waals surface area contributed by atoms with Gasteiger partial charge in [-0.2, -0.15) is 0 Å². The zero-order valence-electron chi connectivity index (χ0n) is 28.2. The van der Waals surface area contributed by atoms with Gasteiger partial charge in [-0.1, -0.05) is 153 Å². The van der Waals surface area contributed by atoms with Gasteiger partial charge in [-0.3, -0.25) is 0 Å². The molecule has 9 aromatic carbocycles. The maximum Gasteiger partial charge on any atom is 0.0543 e. The highest BCUT2D eigenvalue weighted by atomic mass is 15.1. The Bertz CT molecular complexity index is 2800. The zero-order valence-corrected chi connectivity index (χ0v) is 28.2. The van der Waals surface area contributed by atoms with Crippen molar-refractivity contribution < 1.29 is 0 Å². The fourth-order valence-corrected chi connectivity index (χ4v) is 8.50. The van der Waals surface area contributed by atoms with Crippen LogP contribution in [0.5, 0.6) is 0 Å². The van der Waals surface area contributed by atoms with Crippen molar-refractivity contribution in [3.63, 3.8) is 0 Å². The number of hydrogen-bond acceptors (Lipinski definition) is 1. The predicted molar refractivity (Wildman–Crippen MR) is 214 cm³/mol. The first-order chi connectivity index (χ1) is 24.5. The van der Waals surface area contributed by atoms with E-state index in [9.17, 15) is 0 Å². The van der Waals surface area contributed by atoms with Crippen molar-refractivity contribution in [1.29, 1.82) is 0 Å². The molecule has 0 radical (unpaired) electrons. The lowest BCUT2D eigenvalue weighted by atomic mass is 9.82. The Labute approximate surface area is 292 Å². The van der Waals surface area contributed by atoms with Gasteiger partial charge in [-0.25, -0.2) is 0 Å². The minimum absolute atomic E-state index is 0.0916. The molecule has 9 aromatic rings. The molecule has 236 valence electrons. The molecule has 0 N–H and O–H groups in total. The third kappa shape index (κ3) is 4.33. The first-order valence-electron chi connectivity index (χ1n) is 17.5. The van der Waals surface area contributed by atoms with Crippen LogP contribution in [-0.2, 0) is 5.41 Å². The lowest BCUT2D eigenvalue weighted by molar-refractivity contribution is 0.660. The molecule has 0 bridgehead atoms. The molecule has 0 spiro atoms. The smallest absolute Gasteiger partial charge is 0.0543 e. The summed E-state index contributed by atoms with van der Waals surface area (Å²) in [4.78, 5) is 2.48. The molecule has 0 aliphatic heterocycles. The second kappa shape index (κ2) is 10.9. The van der Waals surface area contributed by atoms with Gasteiger partial charge >= 0.3 is 0 Å². The average molecular weight is 638 g/mol. The number of fused-ring (bicyclic) bond motifs is 9. The second-order valence-electron chi connectivity index (χ2n) is 14.2. The number of nitrogens with zero attached hydrogens (tertiary/aromatic N) is 1. The highest BCUT2D eigenvalue weighted by molar-refractivity contribution is 6.17. The zero-order chi connectivity index (χ0) is 33.4. The van der Waals surface area contributed by atoms with E-state index in [1.165, 1.54) is 82.2 Å². The lowest BCUT2D eigenvalue weighted by Crippen LogP contribution is -2.16. The summed E-state index contributed by atoms with van der Waals surface area (Å²) in [5.74, 6) is 0.